The lowest BCUT2D eigenvalue weighted by Gasteiger charge is -2.15. The number of aliphatic hydroxyl groups excluding tert-OH is 1. The zero-order valence-corrected chi connectivity index (χ0v) is 9.78. The number of sulfonamides is 1. The van der Waals surface area contributed by atoms with E-state index in [0.717, 1.165) is 12.8 Å². The maximum absolute atomic E-state index is 12.1. The summed E-state index contributed by atoms with van der Waals surface area (Å²) in [6, 6.07) is 6.48. The molecule has 1 aliphatic heterocycles. The molecule has 1 aliphatic rings. The third-order valence-corrected chi connectivity index (χ3v) is 4.68. The fourth-order valence-corrected chi connectivity index (χ4v) is 3.47. The molecule has 1 aromatic carbocycles. The Morgan fingerprint density at radius 1 is 1.25 bits per heavy atom. The van der Waals surface area contributed by atoms with Gasteiger partial charge in [-0.1, -0.05) is 12.1 Å². The van der Waals surface area contributed by atoms with E-state index in [-0.39, 0.29) is 11.5 Å². The smallest absolute Gasteiger partial charge is 0.243 e. The summed E-state index contributed by atoms with van der Waals surface area (Å²) in [5.74, 6) is 0. The van der Waals surface area contributed by atoms with E-state index in [1.54, 1.807) is 18.2 Å². The van der Waals surface area contributed by atoms with Gasteiger partial charge >= 0.3 is 0 Å². The first-order chi connectivity index (χ1) is 7.64. The van der Waals surface area contributed by atoms with E-state index in [1.807, 2.05) is 0 Å². The molecule has 1 heterocycles. The maximum Gasteiger partial charge on any atom is 0.243 e. The Bertz CT molecular complexity index is 464. The number of benzene rings is 1. The third kappa shape index (κ3) is 2.11. The van der Waals surface area contributed by atoms with E-state index in [4.69, 9.17) is 5.11 Å². The molecule has 0 unspecified atom stereocenters. The molecule has 88 valence electrons. The van der Waals surface area contributed by atoms with Gasteiger partial charge in [-0.15, -0.1) is 0 Å². The van der Waals surface area contributed by atoms with Crippen LogP contribution >= 0.6 is 0 Å². The molecular formula is C11H15NO3S. The number of hydrogen-bond acceptors (Lipinski definition) is 3. The average molecular weight is 241 g/mol. The molecule has 0 spiro atoms. The molecule has 0 saturated carbocycles. The summed E-state index contributed by atoms with van der Waals surface area (Å²) >= 11 is 0. The van der Waals surface area contributed by atoms with E-state index in [1.165, 1.54) is 10.4 Å². The van der Waals surface area contributed by atoms with Crippen LogP contribution in [0.1, 0.15) is 18.4 Å². The highest BCUT2D eigenvalue weighted by Gasteiger charge is 2.26. The Kier molecular flexibility index (Phi) is 3.28. The lowest BCUT2D eigenvalue weighted by atomic mass is 10.2. The molecule has 0 radical (unpaired) electrons. The van der Waals surface area contributed by atoms with Crippen molar-refractivity contribution in [2.45, 2.75) is 24.3 Å². The second-order valence-electron chi connectivity index (χ2n) is 3.92. The lowest BCUT2D eigenvalue weighted by Crippen LogP contribution is -2.27. The molecule has 1 N–H and O–H groups in total. The summed E-state index contributed by atoms with van der Waals surface area (Å²) in [5.41, 5.74) is 0.625. The van der Waals surface area contributed by atoms with Gasteiger partial charge in [-0.3, -0.25) is 0 Å². The fourth-order valence-electron chi connectivity index (χ4n) is 1.88. The minimum atomic E-state index is -3.35. The van der Waals surface area contributed by atoms with Crippen LogP contribution in [0.5, 0.6) is 0 Å². The van der Waals surface area contributed by atoms with Crippen molar-refractivity contribution in [1.29, 1.82) is 0 Å². The average Bonchev–Trinajstić information content (AvgIpc) is 2.83. The fraction of sp³-hybridized carbons (Fsp3) is 0.455. The van der Waals surface area contributed by atoms with Gasteiger partial charge in [-0.2, -0.15) is 4.31 Å². The topological polar surface area (TPSA) is 57.6 Å². The molecule has 16 heavy (non-hydrogen) atoms. The van der Waals surface area contributed by atoms with Gasteiger partial charge in [0.2, 0.25) is 10.0 Å². The second-order valence-corrected chi connectivity index (χ2v) is 5.85. The van der Waals surface area contributed by atoms with Gasteiger partial charge in [0, 0.05) is 13.1 Å². The van der Waals surface area contributed by atoms with Crippen LogP contribution in [-0.4, -0.2) is 30.9 Å². The zero-order chi connectivity index (χ0) is 11.6. The van der Waals surface area contributed by atoms with E-state index >= 15 is 0 Å². The quantitative estimate of drug-likeness (QED) is 0.857. The Morgan fingerprint density at radius 2 is 1.94 bits per heavy atom. The van der Waals surface area contributed by atoms with Gasteiger partial charge in [0.1, 0.15) is 0 Å². The van der Waals surface area contributed by atoms with Gasteiger partial charge in [0.05, 0.1) is 11.5 Å². The summed E-state index contributed by atoms with van der Waals surface area (Å²) in [7, 11) is -3.35. The minimum absolute atomic E-state index is 0.136. The predicted octanol–water partition coefficient (Wildman–Crippen LogP) is 0.963. The van der Waals surface area contributed by atoms with Crippen LogP contribution in [0, 0.1) is 0 Å². The van der Waals surface area contributed by atoms with E-state index in [9.17, 15) is 8.42 Å². The van der Waals surface area contributed by atoms with Crippen molar-refractivity contribution >= 4 is 10.0 Å². The standard InChI is InChI=1S/C11H15NO3S/c13-9-10-4-3-5-11(8-10)16(14,15)12-6-1-2-7-12/h3-5,8,13H,1-2,6-7,9H2. The first kappa shape index (κ1) is 11.6. The van der Waals surface area contributed by atoms with Crippen molar-refractivity contribution in [1.82, 2.24) is 4.31 Å². The number of aliphatic hydroxyl groups is 1. The Labute approximate surface area is 95.6 Å². The predicted molar refractivity (Wildman–Crippen MR) is 60.4 cm³/mol. The summed E-state index contributed by atoms with van der Waals surface area (Å²) in [5, 5.41) is 8.98. The zero-order valence-electron chi connectivity index (χ0n) is 8.96. The Morgan fingerprint density at radius 3 is 2.56 bits per heavy atom. The van der Waals surface area contributed by atoms with E-state index in [0.29, 0.717) is 18.7 Å². The van der Waals surface area contributed by atoms with E-state index in [2.05, 4.69) is 0 Å². The molecule has 4 nitrogen and oxygen atoms in total. The van der Waals surface area contributed by atoms with Crippen LogP contribution in [0.25, 0.3) is 0 Å². The van der Waals surface area contributed by atoms with Crippen molar-refractivity contribution in [3.05, 3.63) is 29.8 Å². The molecule has 0 aliphatic carbocycles. The molecule has 1 saturated heterocycles. The molecule has 5 heteroatoms. The first-order valence-corrected chi connectivity index (χ1v) is 6.78. The van der Waals surface area contributed by atoms with Crippen molar-refractivity contribution in [2.24, 2.45) is 0 Å². The van der Waals surface area contributed by atoms with Crippen LogP contribution in [-0.2, 0) is 16.6 Å². The molecule has 0 aromatic heterocycles. The Hall–Kier alpha value is -0.910. The summed E-state index contributed by atoms with van der Waals surface area (Å²) in [6.45, 7) is 1.07. The summed E-state index contributed by atoms with van der Waals surface area (Å²) in [4.78, 5) is 0.279. The number of hydrogen-bond donors (Lipinski definition) is 1. The molecule has 1 aromatic rings. The third-order valence-electron chi connectivity index (χ3n) is 2.78. The van der Waals surface area contributed by atoms with Crippen LogP contribution in [0.15, 0.2) is 29.2 Å². The summed E-state index contributed by atoms with van der Waals surface area (Å²) in [6.07, 6.45) is 1.86. The molecule has 0 amide bonds. The Balaban J connectivity index is 2.34. The normalized spacial score (nSPS) is 17.8. The molecule has 0 atom stereocenters. The monoisotopic (exact) mass is 241 g/mol. The van der Waals surface area contributed by atoms with Crippen LogP contribution in [0.4, 0.5) is 0 Å². The van der Waals surface area contributed by atoms with E-state index < -0.39 is 10.0 Å². The van der Waals surface area contributed by atoms with Crippen LogP contribution in [0.2, 0.25) is 0 Å². The second kappa shape index (κ2) is 4.53. The van der Waals surface area contributed by atoms with Crippen LogP contribution < -0.4 is 0 Å². The van der Waals surface area contributed by atoms with Gasteiger partial charge in [0.15, 0.2) is 0 Å². The van der Waals surface area contributed by atoms with Gasteiger partial charge in [-0.05, 0) is 30.5 Å². The van der Waals surface area contributed by atoms with Gasteiger partial charge in [-0.25, -0.2) is 8.42 Å². The van der Waals surface area contributed by atoms with Crippen molar-refractivity contribution < 1.29 is 13.5 Å². The minimum Gasteiger partial charge on any atom is -0.392 e. The number of rotatable bonds is 3. The van der Waals surface area contributed by atoms with Gasteiger partial charge < -0.3 is 5.11 Å². The molecule has 0 bridgehead atoms. The molecule has 1 fully saturated rings. The largest absolute Gasteiger partial charge is 0.392 e. The molecular weight excluding hydrogens is 226 g/mol. The highest BCUT2D eigenvalue weighted by atomic mass is 32.2. The number of nitrogens with zero attached hydrogens (tertiary/aromatic N) is 1. The van der Waals surface area contributed by atoms with Crippen molar-refractivity contribution in [2.75, 3.05) is 13.1 Å². The lowest BCUT2D eigenvalue weighted by molar-refractivity contribution is 0.281. The first-order valence-electron chi connectivity index (χ1n) is 5.34. The SMILES string of the molecule is O=S(=O)(c1cccc(CO)c1)N1CCCC1. The van der Waals surface area contributed by atoms with Crippen LogP contribution in [0.3, 0.4) is 0 Å². The van der Waals surface area contributed by atoms with Crippen molar-refractivity contribution in [3.8, 4) is 0 Å². The highest BCUT2D eigenvalue weighted by molar-refractivity contribution is 7.89. The molecule has 2 rings (SSSR count). The maximum atomic E-state index is 12.1. The summed E-state index contributed by atoms with van der Waals surface area (Å²) < 4.78 is 25.8. The van der Waals surface area contributed by atoms with Gasteiger partial charge in [0.25, 0.3) is 0 Å². The highest BCUT2D eigenvalue weighted by Crippen LogP contribution is 2.21. The van der Waals surface area contributed by atoms with Crippen molar-refractivity contribution in [3.63, 3.8) is 0 Å².